The maximum absolute atomic E-state index is 2.36. The van der Waals surface area contributed by atoms with E-state index in [-0.39, 0.29) is 0 Å². The van der Waals surface area contributed by atoms with Crippen LogP contribution < -0.4 is 4.90 Å². The topological polar surface area (TPSA) is 3.24 Å². The van der Waals surface area contributed by atoms with E-state index in [1.165, 1.54) is 27.8 Å². The van der Waals surface area contributed by atoms with E-state index >= 15 is 0 Å². The second kappa shape index (κ2) is 11.5. The Morgan fingerprint density at radius 3 is 1.59 bits per heavy atom. The van der Waals surface area contributed by atoms with Gasteiger partial charge in [0.05, 0.1) is 5.69 Å². The molecule has 6 rings (SSSR count). The van der Waals surface area contributed by atoms with Crippen LogP contribution in [0.4, 0.5) is 17.1 Å². The second-order valence-electron chi connectivity index (χ2n) is 9.47. The molecule has 0 aromatic heterocycles. The Morgan fingerprint density at radius 2 is 0.897 bits per heavy atom. The van der Waals surface area contributed by atoms with Crippen LogP contribution in [0.25, 0.3) is 34.4 Å². The molecule has 0 fully saturated rings. The van der Waals surface area contributed by atoms with Gasteiger partial charge in [0.15, 0.2) is 0 Å². The van der Waals surface area contributed by atoms with Crippen LogP contribution in [0.15, 0.2) is 164 Å². The molecule has 0 N–H and O–H groups in total. The molecule has 0 saturated carbocycles. The van der Waals surface area contributed by atoms with Gasteiger partial charge >= 0.3 is 0 Å². The van der Waals surface area contributed by atoms with Crippen LogP contribution in [0.2, 0.25) is 0 Å². The van der Waals surface area contributed by atoms with Gasteiger partial charge in [-0.25, -0.2) is 0 Å². The quantitative estimate of drug-likeness (QED) is 0.197. The Labute approximate surface area is 231 Å². The van der Waals surface area contributed by atoms with Crippen LogP contribution in [0, 0.1) is 0 Å². The minimum Gasteiger partial charge on any atom is -0.310 e. The molecule has 0 amide bonds. The Hall–Kier alpha value is -5.14. The zero-order valence-electron chi connectivity index (χ0n) is 21.7. The first-order valence-electron chi connectivity index (χ1n) is 13.3. The smallest absolute Gasteiger partial charge is 0.0540 e. The molecule has 0 bridgehead atoms. The third-order valence-corrected chi connectivity index (χ3v) is 6.86. The molecule has 186 valence electrons. The molecule has 0 spiro atoms. The fraction of sp³-hybridized carbons (Fsp3) is 0. The van der Waals surface area contributed by atoms with Gasteiger partial charge in [0.2, 0.25) is 0 Å². The van der Waals surface area contributed by atoms with Gasteiger partial charge in [-0.2, -0.15) is 0 Å². The van der Waals surface area contributed by atoms with Crippen LogP contribution in [0.3, 0.4) is 0 Å². The molecule has 6 aromatic rings. The molecule has 1 nitrogen and oxygen atoms in total. The summed E-state index contributed by atoms with van der Waals surface area (Å²) >= 11 is 0. The number of hydrogen-bond donors (Lipinski definition) is 0. The van der Waals surface area contributed by atoms with Crippen LogP contribution in [0.5, 0.6) is 0 Å². The van der Waals surface area contributed by atoms with Crippen molar-refractivity contribution in [2.24, 2.45) is 0 Å². The van der Waals surface area contributed by atoms with Crippen molar-refractivity contribution in [3.05, 3.63) is 175 Å². The summed E-state index contributed by atoms with van der Waals surface area (Å²) < 4.78 is 0. The maximum atomic E-state index is 2.36. The minimum atomic E-state index is 1.11. The van der Waals surface area contributed by atoms with Crippen molar-refractivity contribution >= 4 is 29.2 Å². The normalized spacial score (nSPS) is 11.0. The standard InChI is InChI=1S/C38H29N/c1-4-13-30(14-5-1)23-24-31-25-27-35(28-26-31)39(36-20-12-19-34(29-36)32-15-6-2-7-16-32)38-22-11-10-21-37(38)33-17-8-3-9-18-33/h1-29H/b24-23+. The molecule has 0 aliphatic rings. The third kappa shape index (κ3) is 5.58. The highest BCUT2D eigenvalue weighted by atomic mass is 15.1. The predicted octanol–water partition coefficient (Wildman–Crippen LogP) is 10.7. The SMILES string of the molecule is C(=C\c1ccc(N(c2cccc(-c3ccccc3)c2)c2ccccc2-c2ccccc2)cc1)/c1ccccc1. The first-order chi connectivity index (χ1) is 19.3. The second-order valence-corrected chi connectivity index (χ2v) is 9.47. The molecule has 6 aromatic carbocycles. The van der Waals surface area contributed by atoms with E-state index < -0.39 is 0 Å². The molecule has 0 saturated heterocycles. The molecule has 0 unspecified atom stereocenters. The van der Waals surface area contributed by atoms with Crippen molar-refractivity contribution in [3.63, 3.8) is 0 Å². The Kier molecular flexibility index (Phi) is 7.14. The van der Waals surface area contributed by atoms with Crippen molar-refractivity contribution in [1.82, 2.24) is 0 Å². The molecular weight excluding hydrogens is 470 g/mol. The van der Waals surface area contributed by atoms with E-state index in [4.69, 9.17) is 0 Å². The van der Waals surface area contributed by atoms with E-state index in [1.54, 1.807) is 0 Å². The first-order valence-corrected chi connectivity index (χ1v) is 13.3. The Morgan fingerprint density at radius 1 is 0.359 bits per heavy atom. The Balaban J connectivity index is 1.45. The van der Waals surface area contributed by atoms with Crippen molar-refractivity contribution in [1.29, 1.82) is 0 Å². The molecule has 39 heavy (non-hydrogen) atoms. The molecule has 1 heteroatoms. The van der Waals surface area contributed by atoms with E-state index in [2.05, 4.69) is 175 Å². The lowest BCUT2D eigenvalue weighted by atomic mass is 10.0. The lowest BCUT2D eigenvalue weighted by molar-refractivity contribution is 1.28. The summed E-state index contributed by atoms with van der Waals surface area (Å²) in [4.78, 5) is 2.36. The average molecular weight is 500 g/mol. The molecule has 0 aliphatic carbocycles. The minimum absolute atomic E-state index is 1.11. The number of benzene rings is 6. The van der Waals surface area contributed by atoms with Crippen LogP contribution in [0.1, 0.15) is 11.1 Å². The zero-order valence-corrected chi connectivity index (χ0v) is 21.7. The van der Waals surface area contributed by atoms with Gasteiger partial charge in [-0.15, -0.1) is 0 Å². The average Bonchev–Trinajstić information content (AvgIpc) is 3.03. The van der Waals surface area contributed by atoms with Gasteiger partial charge in [-0.3, -0.25) is 0 Å². The van der Waals surface area contributed by atoms with Crippen LogP contribution in [-0.4, -0.2) is 0 Å². The summed E-state index contributed by atoms with van der Waals surface area (Å²) in [6, 6.07) is 57.8. The first kappa shape index (κ1) is 24.2. The zero-order chi connectivity index (χ0) is 26.3. The predicted molar refractivity (Wildman–Crippen MR) is 167 cm³/mol. The number of anilines is 3. The maximum Gasteiger partial charge on any atom is 0.0540 e. The van der Waals surface area contributed by atoms with Gasteiger partial charge in [-0.1, -0.05) is 146 Å². The van der Waals surface area contributed by atoms with Crippen molar-refractivity contribution in [2.45, 2.75) is 0 Å². The largest absolute Gasteiger partial charge is 0.310 e. The number of para-hydroxylation sites is 1. The summed E-state index contributed by atoms with van der Waals surface area (Å²) in [5, 5.41) is 0. The summed E-state index contributed by atoms with van der Waals surface area (Å²) in [6.45, 7) is 0. The highest BCUT2D eigenvalue weighted by Crippen LogP contribution is 2.41. The van der Waals surface area contributed by atoms with Gasteiger partial charge in [0.1, 0.15) is 0 Å². The van der Waals surface area contributed by atoms with E-state index in [0.717, 1.165) is 22.6 Å². The molecule has 0 atom stereocenters. The lowest BCUT2D eigenvalue weighted by Crippen LogP contribution is -2.11. The highest BCUT2D eigenvalue weighted by Gasteiger charge is 2.17. The molecule has 0 heterocycles. The fourth-order valence-electron chi connectivity index (χ4n) is 4.90. The van der Waals surface area contributed by atoms with Crippen LogP contribution >= 0.6 is 0 Å². The van der Waals surface area contributed by atoms with E-state index in [1.807, 2.05) is 6.07 Å². The van der Waals surface area contributed by atoms with Crippen LogP contribution in [-0.2, 0) is 0 Å². The monoisotopic (exact) mass is 499 g/mol. The van der Waals surface area contributed by atoms with Crippen molar-refractivity contribution < 1.29 is 0 Å². The molecular formula is C38H29N. The van der Waals surface area contributed by atoms with Crippen molar-refractivity contribution in [2.75, 3.05) is 4.90 Å². The third-order valence-electron chi connectivity index (χ3n) is 6.86. The fourth-order valence-corrected chi connectivity index (χ4v) is 4.90. The molecule has 0 aliphatic heterocycles. The van der Waals surface area contributed by atoms with Gasteiger partial charge in [-0.05, 0) is 58.1 Å². The highest BCUT2D eigenvalue weighted by molar-refractivity contribution is 5.89. The molecule has 0 radical (unpaired) electrons. The summed E-state index contributed by atoms with van der Waals surface area (Å²) in [6.07, 6.45) is 4.32. The van der Waals surface area contributed by atoms with Gasteiger partial charge in [0, 0.05) is 16.9 Å². The van der Waals surface area contributed by atoms with E-state index in [0.29, 0.717) is 0 Å². The van der Waals surface area contributed by atoms with Crippen molar-refractivity contribution in [3.8, 4) is 22.3 Å². The Bertz CT molecular complexity index is 1670. The van der Waals surface area contributed by atoms with Gasteiger partial charge < -0.3 is 4.90 Å². The summed E-state index contributed by atoms with van der Waals surface area (Å²) in [5.41, 5.74) is 10.5. The summed E-state index contributed by atoms with van der Waals surface area (Å²) in [7, 11) is 0. The number of nitrogens with zero attached hydrogens (tertiary/aromatic N) is 1. The van der Waals surface area contributed by atoms with E-state index in [9.17, 15) is 0 Å². The summed E-state index contributed by atoms with van der Waals surface area (Å²) in [5.74, 6) is 0. The number of rotatable bonds is 7. The lowest BCUT2D eigenvalue weighted by Gasteiger charge is -2.28. The van der Waals surface area contributed by atoms with Gasteiger partial charge in [0.25, 0.3) is 0 Å². The number of hydrogen-bond acceptors (Lipinski definition) is 1.